The lowest BCUT2D eigenvalue weighted by Gasteiger charge is -2.31. The van der Waals surface area contributed by atoms with Crippen molar-refractivity contribution in [3.8, 4) is 17.2 Å². The van der Waals surface area contributed by atoms with Crippen LogP contribution in [0.5, 0.6) is 11.5 Å². The summed E-state index contributed by atoms with van der Waals surface area (Å²) < 4.78 is 78.0. The molecule has 186 valence electrons. The molecule has 0 aliphatic carbocycles. The lowest BCUT2D eigenvalue weighted by molar-refractivity contribution is -0.391. The Kier molecular flexibility index (Phi) is 6.54. The molecule has 0 saturated carbocycles. The Labute approximate surface area is 204 Å². The highest BCUT2D eigenvalue weighted by Crippen LogP contribution is 2.47. The van der Waals surface area contributed by atoms with Crippen LogP contribution in [0.2, 0.25) is 5.02 Å². The number of ether oxygens (including phenoxy) is 2. The van der Waals surface area contributed by atoms with Crippen LogP contribution < -0.4 is 14.3 Å². The van der Waals surface area contributed by atoms with Crippen molar-refractivity contribution in [2.75, 3.05) is 6.54 Å². The van der Waals surface area contributed by atoms with Gasteiger partial charge in [-0.05, 0) is 38.1 Å². The molecule has 6 nitrogen and oxygen atoms in total. The van der Waals surface area contributed by atoms with Crippen molar-refractivity contribution < 1.29 is 36.2 Å². The van der Waals surface area contributed by atoms with Gasteiger partial charge in [-0.2, -0.15) is 22.6 Å². The molecule has 35 heavy (non-hydrogen) atoms. The first-order valence-electron chi connectivity index (χ1n) is 10.2. The third-order valence-corrected chi connectivity index (χ3v) is 6.30. The lowest BCUT2D eigenvalue weighted by Crippen LogP contribution is -2.52. The van der Waals surface area contributed by atoms with E-state index in [2.05, 4.69) is 14.5 Å². The molecule has 0 fully saturated rings. The first-order valence-corrected chi connectivity index (χ1v) is 11.3. The zero-order valence-corrected chi connectivity index (χ0v) is 19.8. The summed E-state index contributed by atoms with van der Waals surface area (Å²) in [6, 6.07) is 6.95. The molecule has 0 saturated heterocycles. The second kappa shape index (κ2) is 9.15. The average molecular weight is 534 g/mol. The molecule has 0 spiro atoms. The van der Waals surface area contributed by atoms with E-state index in [1.54, 1.807) is 20.0 Å². The summed E-state index contributed by atoms with van der Waals surface area (Å²) in [5.74, 6) is -1.73. The normalized spacial score (nSPS) is 16.3. The number of thiazole rings is 1. The summed E-state index contributed by atoms with van der Waals surface area (Å²) in [4.78, 5) is 19.2. The highest BCUT2D eigenvalue weighted by Gasteiger charge is 2.65. The predicted octanol–water partition coefficient (Wildman–Crippen LogP) is 6.14. The predicted molar refractivity (Wildman–Crippen MR) is 118 cm³/mol. The Bertz CT molecular complexity index is 1340. The van der Waals surface area contributed by atoms with Gasteiger partial charge in [-0.1, -0.05) is 17.7 Å². The number of hydrogen-bond acceptors (Lipinski definition) is 4. The lowest BCUT2D eigenvalue weighted by atomic mass is 10.2. The maximum Gasteiger partial charge on any atom is 0.507 e. The molecular weight excluding hydrogens is 517 g/mol. The Balaban J connectivity index is 1.68. The Morgan fingerprint density at radius 1 is 1.14 bits per heavy atom. The van der Waals surface area contributed by atoms with E-state index in [1.807, 2.05) is 0 Å². The minimum absolute atomic E-state index is 0.123. The number of hydrogen-bond donors (Lipinski definition) is 0. The van der Waals surface area contributed by atoms with Crippen LogP contribution in [0.25, 0.3) is 5.69 Å². The molecule has 0 unspecified atom stereocenters. The van der Waals surface area contributed by atoms with E-state index in [4.69, 9.17) is 11.6 Å². The van der Waals surface area contributed by atoms with Gasteiger partial charge in [0.05, 0.1) is 12.2 Å². The van der Waals surface area contributed by atoms with Gasteiger partial charge in [0.25, 0.3) is 0 Å². The third kappa shape index (κ3) is 4.85. The molecule has 2 heterocycles. The number of halogens is 6. The Morgan fingerprint density at radius 2 is 1.83 bits per heavy atom. The van der Waals surface area contributed by atoms with Crippen LogP contribution in [0, 0.1) is 12.7 Å². The van der Waals surface area contributed by atoms with Crippen molar-refractivity contribution in [3.05, 3.63) is 68.7 Å². The van der Waals surface area contributed by atoms with Crippen molar-refractivity contribution in [1.82, 2.24) is 9.47 Å². The van der Waals surface area contributed by atoms with Crippen molar-refractivity contribution in [1.29, 1.82) is 0 Å². The van der Waals surface area contributed by atoms with E-state index in [-0.39, 0.29) is 34.2 Å². The van der Waals surface area contributed by atoms with Gasteiger partial charge >= 0.3 is 18.2 Å². The number of fused-ring (bicyclic) bond motifs is 1. The van der Waals surface area contributed by atoms with Crippen LogP contribution in [0.15, 0.2) is 47.6 Å². The fraction of sp³-hybridized carbons (Fsp3) is 0.273. The summed E-state index contributed by atoms with van der Waals surface area (Å²) in [6.45, 7) is 3.49. The highest BCUT2D eigenvalue weighted by atomic mass is 35.5. The summed E-state index contributed by atoms with van der Waals surface area (Å²) in [7, 11) is 0. The first-order chi connectivity index (χ1) is 16.4. The monoisotopic (exact) mass is 533 g/mol. The zero-order valence-electron chi connectivity index (χ0n) is 18.2. The second-order valence-corrected chi connectivity index (χ2v) is 9.09. The Morgan fingerprint density at radius 3 is 2.49 bits per heavy atom. The Hall–Kier alpha value is -3.12. The van der Waals surface area contributed by atoms with Crippen molar-refractivity contribution in [3.63, 3.8) is 0 Å². The molecule has 1 aliphatic heterocycles. The zero-order chi connectivity index (χ0) is 25.5. The minimum Gasteiger partial charge on any atom is -0.421 e. The highest BCUT2D eigenvalue weighted by molar-refractivity contribution is 7.09. The number of aryl methyl sites for hydroxylation is 1. The standard InChI is InChI=1S/C22H17ClF5N3O3S/c1-3-30(11-14-15(23)5-4-6-16(14)24)19(32)29-20-31(10-12(2)35-20)13-7-8-17-18(9-13)34-22(27,28)21(25,26)33-17/h4-10H,3,11H2,1-2H3/b29-20-. The number of aromatic nitrogens is 1. The summed E-state index contributed by atoms with van der Waals surface area (Å²) in [5.41, 5.74) is 0.351. The molecule has 1 aromatic heterocycles. The second-order valence-electron chi connectivity index (χ2n) is 7.47. The largest absolute Gasteiger partial charge is 0.507 e. The van der Waals surface area contributed by atoms with Gasteiger partial charge in [0.1, 0.15) is 5.82 Å². The fourth-order valence-corrected chi connectivity index (χ4v) is 4.31. The van der Waals surface area contributed by atoms with Crippen LogP contribution in [0.3, 0.4) is 0 Å². The quantitative estimate of drug-likeness (QED) is 0.379. The van der Waals surface area contributed by atoms with Crippen LogP contribution in [-0.2, 0) is 6.54 Å². The summed E-state index contributed by atoms with van der Waals surface area (Å²) in [5, 5.41) is 0.164. The fourth-order valence-electron chi connectivity index (χ4n) is 3.27. The number of urea groups is 1. The summed E-state index contributed by atoms with van der Waals surface area (Å²) in [6.07, 6.45) is -8.11. The van der Waals surface area contributed by atoms with Crippen molar-refractivity contribution >= 4 is 29.0 Å². The molecule has 4 rings (SSSR count). The van der Waals surface area contributed by atoms with E-state index in [0.29, 0.717) is 4.88 Å². The van der Waals surface area contributed by atoms with Crippen LogP contribution in [-0.4, -0.2) is 34.3 Å². The van der Waals surface area contributed by atoms with Gasteiger partial charge < -0.3 is 14.4 Å². The number of amides is 2. The van der Waals surface area contributed by atoms with Crippen LogP contribution in [0.1, 0.15) is 17.4 Å². The first kappa shape index (κ1) is 25.0. The molecule has 0 N–H and O–H groups in total. The van der Waals surface area contributed by atoms with Gasteiger partial charge in [0, 0.05) is 34.3 Å². The van der Waals surface area contributed by atoms with Gasteiger partial charge in [-0.15, -0.1) is 11.3 Å². The van der Waals surface area contributed by atoms with Crippen LogP contribution in [0.4, 0.5) is 26.7 Å². The third-order valence-electron chi connectivity index (χ3n) is 5.04. The maximum atomic E-state index is 14.2. The van der Waals surface area contributed by atoms with Gasteiger partial charge in [-0.3, -0.25) is 4.57 Å². The van der Waals surface area contributed by atoms with Crippen molar-refractivity contribution in [2.45, 2.75) is 32.6 Å². The SMILES string of the molecule is CCN(Cc1c(F)cccc1Cl)C(=O)/N=c1\sc(C)cn1-c1ccc2c(c1)OC(F)(F)C(F)(F)O2. The molecule has 3 aromatic rings. The van der Waals surface area contributed by atoms with Crippen molar-refractivity contribution in [2.24, 2.45) is 4.99 Å². The molecular formula is C22H17ClF5N3O3S. The molecule has 1 aliphatic rings. The van der Waals surface area contributed by atoms with Gasteiger partial charge in [-0.25, -0.2) is 9.18 Å². The van der Waals surface area contributed by atoms with E-state index in [0.717, 1.165) is 23.5 Å². The van der Waals surface area contributed by atoms with E-state index >= 15 is 0 Å². The molecule has 0 atom stereocenters. The minimum atomic E-state index is -4.87. The number of alkyl halides is 4. The number of carbonyl (C=O) groups excluding carboxylic acids is 1. The van der Waals surface area contributed by atoms with Gasteiger partial charge in [0.15, 0.2) is 16.3 Å². The maximum absolute atomic E-state index is 14.2. The number of nitrogens with zero attached hydrogens (tertiary/aromatic N) is 3. The smallest absolute Gasteiger partial charge is 0.421 e. The molecule has 2 aromatic carbocycles. The topological polar surface area (TPSA) is 56.1 Å². The van der Waals surface area contributed by atoms with E-state index in [1.165, 1.54) is 33.7 Å². The van der Waals surface area contributed by atoms with E-state index < -0.39 is 35.6 Å². The number of benzene rings is 2. The number of carbonyl (C=O) groups is 1. The van der Waals surface area contributed by atoms with Gasteiger partial charge in [0.2, 0.25) is 0 Å². The molecule has 13 heteroatoms. The van der Waals surface area contributed by atoms with Crippen LogP contribution >= 0.6 is 22.9 Å². The average Bonchev–Trinajstić information content (AvgIpc) is 3.13. The molecule has 0 radical (unpaired) electrons. The number of rotatable bonds is 4. The molecule has 2 amide bonds. The van der Waals surface area contributed by atoms with E-state index in [9.17, 15) is 26.7 Å². The molecule has 0 bridgehead atoms. The summed E-state index contributed by atoms with van der Waals surface area (Å²) >= 11 is 7.19.